The summed E-state index contributed by atoms with van der Waals surface area (Å²) in [4.78, 5) is 30.4. The maximum atomic E-state index is 13.6. The van der Waals surface area contributed by atoms with Crippen LogP contribution in [0.15, 0.2) is 66.0 Å². The highest BCUT2D eigenvalue weighted by atomic mass is 32.1. The Bertz CT molecular complexity index is 1010. The lowest BCUT2D eigenvalue weighted by Gasteiger charge is -2.24. The van der Waals surface area contributed by atoms with Gasteiger partial charge in [0.2, 0.25) is 0 Å². The lowest BCUT2D eigenvalue weighted by Crippen LogP contribution is -2.30. The molecule has 0 aliphatic carbocycles. The SMILES string of the molecule is Cc1ccc(C(=O)[C@@H]2[C@@H](c3cccs3)N(C)C[C@H]2C(=O)c2ccc(C)cc2)cc1. The van der Waals surface area contributed by atoms with Gasteiger partial charge in [-0.25, -0.2) is 0 Å². The van der Waals surface area contributed by atoms with Crippen LogP contribution in [0, 0.1) is 25.7 Å². The number of likely N-dealkylation sites (tertiary alicyclic amines) is 1. The molecule has 29 heavy (non-hydrogen) atoms. The molecule has 3 atom stereocenters. The summed E-state index contributed by atoms with van der Waals surface area (Å²) < 4.78 is 0. The van der Waals surface area contributed by atoms with E-state index in [-0.39, 0.29) is 23.5 Å². The summed E-state index contributed by atoms with van der Waals surface area (Å²) in [5.41, 5.74) is 3.60. The molecular weight excluding hydrogens is 378 g/mol. The molecule has 0 radical (unpaired) electrons. The lowest BCUT2D eigenvalue weighted by molar-refractivity contribution is 0.0786. The Morgan fingerprint density at radius 1 is 0.862 bits per heavy atom. The number of nitrogens with zero attached hydrogens (tertiary/aromatic N) is 1. The summed E-state index contributed by atoms with van der Waals surface area (Å²) in [5, 5.41) is 2.03. The van der Waals surface area contributed by atoms with E-state index in [1.807, 2.05) is 80.9 Å². The molecule has 3 nitrogen and oxygen atoms in total. The second kappa shape index (κ2) is 8.05. The first kappa shape index (κ1) is 19.7. The number of carbonyl (C=O) groups excluding carboxylic acids is 2. The zero-order chi connectivity index (χ0) is 20.5. The molecule has 4 heteroatoms. The Balaban J connectivity index is 1.74. The first-order valence-corrected chi connectivity index (χ1v) is 10.8. The van der Waals surface area contributed by atoms with Gasteiger partial charge in [-0.3, -0.25) is 14.5 Å². The number of hydrogen-bond donors (Lipinski definition) is 0. The molecule has 3 aromatic rings. The maximum absolute atomic E-state index is 13.6. The minimum atomic E-state index is -0.393. The highest BCUT2D eigenvalue weighted by Crippen LogP contribution is 2.44. The molecular formula is C25H25NO2S. The Morgan fingerprint density at radius 2 is 1.41 bits per heavy atom. The summed E-state index contributed by atoms with van der Waals surface area (Å²) in [6.45, 7) is 4.60. The third-order valence-electron chi connectivity index (χ3n) is 5.88. The van der Waals surface area contributed by atoms with Crippen molar-refractivity contribution in [1.29, 1.82) is 0 Å². The Labute approximate surface area is 176 Å². The molecule has 4 rings (SSSR count). The van der Waals surface area contributed by atoms with Crippen molar-refractivity contribution in [2.75, 3.05) is 13.6 Å². The van der Waals surface area contributed by atoms with E-state index in [2.05, 4.69) is 11.0 Å². The molecule has 0 N–H and O–H groups in total. The van der Waals surface area contributed by atoms with Gasteiger partial charge in [0.15, 0.2) is 11.6 Å². The zero-order valence-corrected chi connectivity index (χ0v) is 17.8. The van der Waals surface area contributed by atoms with Crippen LogP contribution >= 0.6 is 11.3 Å². The number of aryl methyl sites for hydroxylation is 2. The van der Waals surface area contributed by atoms with Crippen LogP contribution in [0.5, 0.6) is 0 Å². The van der Waals surface area contributed by atoms with Crippen LogP contribution < -0.4 is 0 Å². The minimum absolute atomic E-state index is 0.0539. The van der Waals surface area contributed by atoms with Crippen molar-refractivity contribution in [2.45, 2.75) is 19.9 Å². The van der Waals surface area contributed by atoms with Crippen molar-refractivity contribution in [1.82, 2.24) is 4.90 Å². The zero-order valence-electron chi connectivity index (χ0n) is 17.0. The summed E-state index contributed by atoms with van der Waals surface area (Å²) >= 11 is 1.65. The van der Waals surface area contributed by atoms with Gasteiger partial charge in [0, 0.05) is 28.5 Å². The summed E-state index contributed by atoms with van der Waals surface area (Å²) in [6.07, 6.45) is 0. The average molecular weight is 404 g/mol. The molecule has 0 saturated carbocycles. The molecule has 1 aliphatic rings. The van der Waals surface area contributed by atoms with Crippen LogP contribution in [0.4, 0.5) is 0 Å². The van der Waals surface area contributed by atoms with Gasteiger partial charge in [0.05, 0.1) is 12.0 Å². The number of thiophene rings is 1. The molecule has 2 heterocycles. The number of benzene rings is 2. The smallest absolute Gasteiger partial charge is 0.168 e. The Hall–Kier alpha value is -2.56. The second-order valence-electron chi connectivity index (χ2n) is 7.99. The maximum Gasteiger partial charge on any atom is 0.168 e. The molecule has 1 aromatic heterocycles. The molecule has 1 fully saturated rings. The fourth-order valence-corrected chi connectivity index (χ4v) is 5.24. The molecule has 0 bridgehead atoms. The molecule has 2 aromatic carbocycles. The Kier molecular flexibility index (Phi) is 5.48. The van der Waals surface area contributed by atoms with E-state index in [0.717, 1.165) is 16.0 Å². The van der Waals surface area contributed by atoms with Crippen molar-refractivity contribution in [2.24, 2.45) is 11.8 Å². The highest BCUT2D eigenvalue weighted by molar-refractivity contribution is 7.10. The van der Waals surface area contributed by atoms with E-state index in [1.54, 1.807) is 11.3 Å². The molecule has 0 spiro atoms. The van der Waals surface area contributed by atoms with Crippen molar-refractivity contribution >= 4 is 22.9 Å². The van der Waals surface area contributed by atoms with E-state index in [4.69, 9.17) is 0 Å². The van der Waals surface area contributed by atoms with Crippen molar-refractivity contribution < 1.29 is 9.59 Å². The predicted octanol–water partition coefficient (Wildman–Crippen LogP) is 5.35. The fourth-order valence-electron chi connectivity index (χ4n) is 4.30. The standard InChI is InChI=1S/C25H25NO2S/c1-16-6-10-18(11-7-16)24(27)20-15-26(3)23(21-5-4-14-29-21)22(20)25(28)19-12-8-17(2)9-13-19/h4-14,20,22-23H,15H2,1-3H3/t20-,22+,23-/m1/s1. The van der Waals surface area contributed by atoms with Gasteiger partial charge in [-0.2, -0.15) is 0 Å². The van der Waals surface area contributed by atoms with Crippen molar-refractivity contribution in [3.05, 3.63) is 93.2 Å². The molecule has 1 aliphatic heterocycles. The lowest BCUT2D eigenvalue weighted by atomic mass is 9.79. The topological polar surface area (TPSA) is 37.4 Å². The van der Waals surface area contributed by atoms with Crippen molar-refractivity contribution in [3.8, 4) is 0 Å². The number of ketones is 2. The van der Waals surface area contributed by atoms with E-state index < -0.39 is 5.92 Å². The van der Waals surface area contributed by atoms with Crippen LogP contribution in [-0.2, 0) is 0 Å². The fraction of sp³-hybridized carbons (Fsp3) is 0.280. The quantitative estimate of drug-likeness (QED) is 0.539. The molecule has 148 valence electrons. The summed E-state index contributed by atoms with van der Waals surface area (Å²) in [6, 6.07) is 19.4. The monoisotopic (exact) mass is 403 g/mol. The van der Waals surface area contributed by atoms with Gasteiger partial charge in [-0.15, -0.1) is 11.3 Å². The largest absolute Gasteiger partial charge is 0.297 e. The van der Waals surface area contributed by atoms with E-state index >= 15 is 0 Å². The number of rotatable bonds is 5. The normalized spacial score (nSPS) is 22.0. The minimum Gasteiger partial charge on any atom is -0.297 e. The molecule has 0 amide bonds. The third kappa shape index (κ3) is 3.83. The predicted molar refractivity (Wildman–Crippen MR) is 118 cm³/mol. The van der Waals surface area contributed by atoms with Gasteiger partial charge in [-0.05, 0) is 32.3 Å². The van der Waals surface area contributed by atoms with Crippen LogP contribution in [-0.4, -0.2) is 30.1 Å². The number of carbonyl (C=O) groups is 2. The van der Waals surface area contributed by atoms with E-state index in [0.29, 0.717) is 17.7 Å². The summed E-state index contributed by atoms with van der Waals surface area (Å²) in [7, 11) is 2.02. The molecule has 0 unspecified atom stereocenters. The number of hydrogen-bond acceptors (Lipinski definition) is 4. The Morgan fingerprint density at radius 3 is 1.93 bits per heavy atom. The summed E-state index contributed by atoms with van der Waals surface area (Å²) in [5.74, 6) is -0.640. The van der Waals surface area contributed by atoms with Crippen LogP contribution in [0.2, 0.25) is 0 Å². The van der Waals surface area contributed by atoms with Gasteiger partial charge in [0.1, 0.15) is 0 Å². The van der Waals surface area contributed by atoms with Gasteiger partial charge in [-0.1, -0.05) is 65.7 Å². The van der Waals surface area contributed by atoms with Crippen molar-refractivity contribution in [3.63, 3.8) is 0 Å². The molecule has 1 saturated heterocycles. The third-order valence-corrected chi connectivity index (χ3v) is 6.82. The van der Waals surface area contributed by atoms with E-state index in [9.17, 15) is 9.59 Å². The number of Topliss-reactive ketones (excluding diaryl/α,β-unsaturated/α-hetero) is 2. The van der Waals surface area contributed by atoms with Gasteiger partial charge < -0.3 is 0 Å². The highest BCUT2D eigenvalue weighted by Gasteiger charge is 2.48. The van der Waals surface area contributed by atoms with Crippen LogP contribution in [0.1, 0.15) is 42.8 Å². The van der Waals surface area contributed by atoms with Crippen LogP contribution in [0.25, 0.3) is 0 Å². The van der Waals surface area contributed by atoms with E-state index in [1.165, 1.54) is 0 Å². The first-order chi connectivity index (χ1) is 14.0. The van der Waals surface area contributed by atoms with Gasteiger partial charge in [0.25, 0.3) is 0 Å². The average Bonchev–Trinajstić information content (AvgIpc) is 3.35. The van der Waals surface area contributed by atoms with Crippen LogP contribution in [0.3, 0.4) is 0 Å². The van der Waals surface area contributed by atoms with Gasteiger partial charge >= 0.3 is 0 Å². The second-order valence-corrected chi connectivity index (χ2v) is 8.97. The first-order valence-electron chi connectivity index (χ1n) is 9.91.